The molecular formula is C25H38. The minimum absolute atomic E-state index is 0.833. The quantitative estimate of drug-likeness (QED) is 0.466. The molecule has 0 heteroatoms. The summed E-state index contributed by atoms with van der Waals surface area (Å²) in [5.74, 6) is 3.92. The second-order valence-electron chi connectivity index (χ2n) is 8.63. The highest BCUT2D eigenvalue weighted by Gasteiger charge is 2.31. The van der Waals surface area contributed by atoms with E-state index in [1.54, 1.807) is 5.56 Å². The molecule has 2 fully saturated rings. The first-order chi connectivity index (χ1) is 12.3. The van der Waals surface area contributed by atoms with E-state index in [0.717, 1.165) is 30.1 Å². The van der Waals surface area contributed by atoms with Crippen molar-refractivity contribution in [2.24, 2.45) is 17.8 Å². The van der Waals surface area contributed by atoms with E-state index in [9.17, 15) is 0 Å². The molecule has 2 saturated carbocycles. The summed E-state index contributed by atoms with van der Waals surface area (Å²) in [5, 5.41) is 0. The van der Waals surface area contributed by atoms with Gasteiger partial charge >= 0.3 is 0 Å². The lowest BCUT2D eigenvalue weighted by Crippen LogP contribution is -2.25. The molecule has 0 unspecified atom stereocenters. The van der Waals surface area contributed by atoms with Crippen LogP contribution in [-0.2, 0) is 6.42 Å². The van der Waals surface area contributed by atoms with Crippen LogP contribution in [0.15, 0.2) is 36.4 Å². The Hall–Kier alpha value is -1.04. The second kappa shape index (κ2) is 9.60. The highest BCUT2D eigenvalue weighted by molar-refractivity contribution is 5.25. The third kappa shape index (κ3) is 5.22. The lowest BCUT2D eigenvalue weighted by molar-refractivity contribution is 0.157. The van der Waals surface area contributed by atoms with Gasteiger partial charge in [-0.3, -0.25) is 0 Å². The van der Waals surface area contributed by atoms with Gasteiger partial charge in [0.15, 0.2) is 0 Å². The largest absolute Gasteiger partial charge is 0.0917 e. The fourth-order valence-electron chi connectivity index (χ4n) is 5.40. The summed E-state index contributed by atoms with van der Waals surface area (Å²) < 4.78 is 0. The average molecular weight is 339 g/mol. The molecule has 0 aliphatic heterocycles. The molecule has 0 amide bonds. The highest BCUT2D eigenvalue weighted by Crippen LogP contribution is 2.44. The Morgan fingerprint density at radius 2 is 1.44 bits per heavy atom. The van der Waals surface area contributed by atoms with Crippen molar-refractivity contribution in [1.29, 1.82) is 0 Å². The molecular weight excluding hydrogens is 300 g/mol. The Morgan fingerprint density at radius 3 is 2.00 bits per heavy atom. The third-order valence-electron chi connectivity index (χ3n) is 7.17. The van der Waals surface area contributed by atoms with Crippen LogP contribution in [0, 0.1) is 17.8 Å². The van der Waals surface area contributed by atoms with E-state index < -0.39 is 0 Å². The van der Waals surface area contributed by atoms with Crippen LogP contribution in [-0.4, -0.2) is 0 Å². The van der Waals surface area contributed by atoms with Crippen LogP contribution in [0.5, 0.6) is 0 Å². The summed E-state index contributed by atoms with van der Waals surface area (Å²) in [6, 6.07) is 9.49. The predicted molar refractivity (Wildman–Crippen MR) is 110 cm³/mol. The Bertz CT molecular complexity index is 507. The molecule has 0 aromatic heterocycles. The van der Waals surface area contributed by atoms with E-state index in [-0.39, 0.29) is 0 Å². The van der Waals surface area contributed by atoms with E-state index >= 15 is 0 Å². The Morgan fingerprint density at radius 1 is 0.840 bits per heavy atom. The molecule has 1 aromatic rings. The molecule has 0 radical (unpaired) electrons. The van der Waals surface area contributed by atoms with E-state index in [2.05, 4.69) is 50.3 Å². The zero-order valence-electron chi connectivity index (χ0n) is 16.6. The molecule has 2 aliphatic carbocycles. The minimum Gasteiger partial charge on any atom is -0.0917 e. The van der Waals surface area contributed by atoms with Crippen molar-refractivity contribution in [1.82, 2.24) is 0 Å². The van der Waals surface area contributed by atoms with Crippen molar-refractivity contribution in [2.45, 2.75) is 90.4 Å². The van der Waals surface area contributed by atoms with Crippen LogP contribution in [0.2, 0.25) is 0 Å². The molecule has 0 N–H and O–H groups in total. The number of benzene rings is 1. The highest BCUT2D eigenvalue weighted by atomic mass is 14.4. The summed E-state index contributed by atoms with van der Waals surface area (Å²) in [6.07, 6.45) is 20.3. The number of hydrogen-bond acceptors (Lipinski definition) is 0. The predicted octanol–water partition coefficient (Wildman–Crippen LogP) is 7.69. The molecule has 0 bridgehead atoms. The third-order valence-corrected chi connectivity index (χ3v) is 7.17. The zero-order chi connectivity index (χ0) is 17.5. The molecule has 25 heavy (non-hydrogen) atoms. The van der Waals surface area contributed by atoms with E-state index in [0.29, 0.717) is 0 Å². The maximum Gasteiger partial charge on any atom is -0.0162 e. The van der Waals surface area contributed by atoms with Gasteiger partial charge < -0.3 is 0 Å². The number of hydrogen-bond donors (Lipinski definition) is 0. The molecule has 0 heterocycles. The first-order valence-corrected chi connectivity index (χ1v) is 11.0. The SMILES string of the molecule is C/C=C/CCC1CCC(C2CCC(c3ccc(CC)cc3)CC2)CC1. The van der Waals surface area contributed by atoms with Gasteiger partial charge in [-0.05, 0) is 99.5 Å². The van der Waals surface area contributed by atoms with Gasteiger partial charge in [0.05, 0.1) is 0 Å². The molecule has 0 saturated heterocycles. The van der Waals surface area contributed by atoms with Gasteiger partial charge in [-0.2, -0.15) is 0 Å². The summed E-state index contributed by atoms with van der Waals surface area (Å²) in [4.78, 5) is 0. The molecule has 2 aliphatic rings. The van der Waals surface area contributed by atoms with Gasteiger partial charge in [-0.25, -0.2) is 0 Å². The van der Waals surface area contributed by atoms with E-state index in [1.165, 1.54) is 69.8 Å². The first-order valence-electron chi connectivity index (χ1n) is 11.0. The van der Waals surface area contributed by atoms with Crippen molar-refractivity contribution in [3.8, 4) is 0 Å². The molecule has 138 valence electrons. The van der Waals surface area contributed by atoms with E-state index in [1.807, 2.05) is 0 Å². The smallest absolute Gasteiger partial charge is 0.0162 e. The van der Waals surface area contributed by atoms with Gasteiger partial charge in [0.2, 0.25) is 0 Å². The van der Waals surface area contributed by atoms with Crippen LogP contribution in [0.3, 0.4) is 0 Å². The number of aryl methyl sites for hydroxylation is 1. The van der Waals surface area contributed by atoms with Crippen molar-refractivity contribution in [3.05, 3.63) is 47.5 Å². The standard InChI is InChI=1S/C25H38/c1-3-5-6-7-21-10-14-23(15-11-21)25-18-16-24(17-19-25)22-12-8-20(4-2)9-13-22/h3,5,8-9,12-13,21,23-25H,4,6-7,10-11,14-19H2,1-2H3/b5-3+. The number of allylic oxidation sites excluding steroid dienone is 2. The summed E-state index contributed by atoms with van der Waals surface area (Å²) in [5.41, 5.74) is 3.08. The zero-order valence-corrected chi connectivity index (χ0v) is 16.6. The van der Waals surface area contributed by atoms with Crippen LogP contribution < -0.4 is 0 Å². The van der Waals surface area contributed by atoms with Crippen LogP contribution in [0.1, 0.15) is 95.1 Å². The topological polar surface area (TPSA) is 0 Å². The van der Waals surface area contributed by atoms with E-state index in [4.69, 9.17) is 0 Å². The molecule has 1 aromatic carbocycles. The van der Waals surface area contributed by atoms with Crippen LogP contribution in [0.25, 0.3) is 0 Å². The van der Waals surface area contributed by atoms with Gasteiger partial charge in [0, 0.05) is 0 Å². The van der Waals surface area contributed by atoms with Crippen molar-refractivity contribution in [2.75, 3.05) is 0 Å². The average Bonchev–Trinajstić information content (AvgIpc) is 2.69. The van der Waals surface area contributed by atoms with Gasteiger partial charge in [0.1, 0.15) is 0 Å². The Balaban J connectivity index is 1.42. The first kappa shape index (κ1) is 18.7. The normalized spacial score (nSPS) is 30.6. The Kier molecular flexibility index (Phi) is 7.20. The Labute approximate surface area is 156 Å². The summed E-state index contributed by atoms with van der Waals surface area (Å²) in [6.45, 7) is 4.39. The van der Waals surface area contributed by atoms with Crippen molar-refractivity contribution < 1.29 is 0 Å². The summed E-state index contributed by atoms with van der Waals surface area (Å²) in [7, 11) is 0. The lowest BCUT2D eigenvalue weighted by Gasteiger charge is -2.38. The lowest BCUT2D eigenvalue weighted by atomic mass is 9.68. The van der Waals surface area contributed by atoms with Gasteiger partial charge in [-0.1, -0.05) is 56.2 Å². The molecule has 0 nitrogen and oxygen atoms in total. The van der Waals surface area contributed by atoms with Crippen molar-refractivity contribution in [3.63, 3.8) is 0 Å². The fourth-order valence-corrected chi connectivity index (χ4v) is 5.40. The van der Waals surface area contributed by atoms with Gasteiger partial charge in [-0.15, -0.1) is 0 Å². The van der Waals surface area contributed by atoms with Crippen LogP contribution in [0.4, 0.5) is 0 Å². The maximum atomic E-state index is 2.40. The molecule has 0 atom stereocenters. The summed E-state index contributed by atoms with van der Waals surface area (Å²) >= 11 is 0. The van der Waals surface area contributed by atoms with Crippen molar-refractivity contribution >= 4 is 0 Å². The minimum atomic E-state index is 0.833. The second-order valence-corrected chi connectivity index (χ2v) is 8.63. The maximum absolute atomic E-state index is 2.40. The van der Waals surface area contributed by atoms with Gasteiger partial charge in [0.25, 0.3) is 0 Å². The molecule has 3 rings (SSSR count). The monoisotopic (exact) mass is 338 g/mol. The van der Waals surface area contributed by atoms with Crippen LogP contribution >= 0.6 is 0 Å². The molecule has 0 spiro atoms. The number of rotatable bonds is 6. The fraction of sp³-hybridized carbons (Fsp3) is 0.680.